The number of carbonyl (C=O) groups excluding carboxylic acids is 2. The van der Waals surface area contributed by atoms with Crippen molar-refractivity contribution < 1.29 is 9.59 Å². The molecule has 0 fully saturated rings. The Morgan fingerprint density at radius 1 is 1.00 bits per heavy atom. The fourth-order valence-corrected chi connectivity index (χ4v) is 0. The molecular weight excluding hydrogens is 144 g/mol. The van der Waals surface area contributed by atoms with E-state index >= 15 is 0 Å². The topological polar surface area (TPSA) is 95.2 Å². The van der Waals surface area contributed by atoms with E-state index in [4.69, 9.17) is 0 Å². The molecule has 0 atom stereocenters. The number of hydrogen-bond donors (Lipinski definition) is 2. The van der Waals surface area contributed by atoms with E-state index in [1.165, 1.54) is 20.8 Å². The molecule has 0 aliphatic carbocycles. The molecule has 0 spiro atoms. The van der Waals surface area contributed by atoms with Crippen molar-refractivity contribution >= 4 is 11.7 Å². The number of rotatable bonds is 0. The molecule has 5 N–H and O–H groups in total. The summed E-state index contributed by atoms with van der Waals surface area (Å²) in [6, 6.07) is 0. The largest absolute Gasteiger partial charge is 0.370 e. The molecule has 0 saturated carbocycles. The lowest BCUT2D eigenvalue weighted by Gasteiger charge is -1.60. The minimum absolute atomic E-state index is 0. The molecule has 0 aromatic rings. The summed E-state index contributed by atoms with van der Waals surface area (Å²) in [7, 11) is 0. The molecule has 0 rings (SSSR count). The lowest BCUT2D eigenvalue weighted by molar-refractivity contribution is -0.116. The van der Waals surface area contributed by atoms with Crippen LogP contribution >= 0.6 is 0 Å². The number of hydrogen-bond acceptors (Lipinski definition) is 3. The molecule has 0 aliphatic rings. The minimum Gasteiger partial charge on any atom is -0.370 e. The van der Waals surface area contributed by atoms with Crippen molar-refractivity contribution in [2.45, 2.75) is 35.6 Å². The summed E-state index contributed by atoms with van der Waals surface area (Å²) in [4.78, 5) is 18.7. The number of amides is 1. The molecular formula is C7H22N2O2. The van der Waals surface area contributed by atoms with Gasteiger partial charge < -0.3 is 16.7 Å². The van der Waals surface area contributed by atoms with Crippen molar-refractivity contribution in [3.8, 4) is 0 Å². The van der Waals surface area contributed by atoms with Crippen LogP contribution in [0.4, 0.5) is 0 Å². The predicted molar refractivity (Wildman–Crippen MR) is 49.7 cm³/mol. The third-order valence-corrected chi connectivity index (χ3v) is 0. The van der Waals surface area contributed by atoms with Crippen LogP contribution in [-0.2, 0) is 9.59 Å². The Balaban J connectivity index is -0.0000000171. The van der Waals surface area contributed by atoms with Gasteiger partial charge >= 0.3 is 0 Å². The standard InChI is InChI=1S/C3H6O.C2H5NO.2CH4.H3N/c1-3(2)4;1-2(3)4;;;/h1-2H3;1H3,(H2,3,4);2*1H4;1H3. The van der Waals surface area contributed by atoms with Crippen LogP contribution in [0.5, 0.6) is 0 Å². The molecule has 0 unspecified atom stereocenters. The molecule has 0 bridgehead atoms. The first-order chi connectivity index (χ1) is 3.46. The van der Waals surface area contributed by atoms with E-state index in [1.807, 2.05) is 0 Å². The zero-order chi connectivity index (χ0) is 7.15. The number of primary amides is 1. The Kier molecular flexibility index (Phi) is 67.1. The second kappa shape index (κ2) is 23.0. The maximum Gasteiger partial charge on any atom is 0.214 e. The molecule has 0 aromatic heterocycles. The summed E-state index contributed by atoms with van der Waals surface area (Å²) in [6.45, 7) is 4.36. The molecule has 11 heavy (non-hydrogen) atoms. The molecule has 1 amide bonds. The van der Waals surface area contributed by atoms with Crippen LogP contribution in [0.3, 0.4) is 0 Å². The van der Waals surface area contributed by atoms with Crippen LogP contribution < -0.4 is 11.9 Å². The predicted octanol–water partition coefficient (Wildman–Crippen LogP) is 1.52. The SMILES string of the molecule is C.C.CC(C)=O.CC(N)=O.N. The number of carbonyl (C=O) groups is 2. The molecule has 0 aromatic carbocycles. The Labute approximate surface area is 69.7 Å². The van der Waals surface area contributed by atoms with Gasteiger partial charge in [0.2, 0.25) is 5.91 Å². The molecule has 4 nitrogen and oxygen atoms in total. The first kappa shape index (κ1) is 32.2. The lowest BCUT2D eigenvalue weighted by atomic mass is 10.6. The fraction of sp³-hybridized carbons (Fsp3) is 0.714. The van der Waals surface area contributed by atoms with Crippen LogP contribution in [0.2, 0.25) is 0 Å². The molecule has 4 heteroatoms. The van der Waals surface area contributed by atoms with E-state index < -0.39 is 0 Å². The first-order valence-corrected chi connectivity index (χ1v) is 2.20. The van der Waals surface area contributed by atoms with E-state index in [9.17, 15) is 9.59 Å². The summed E-state index contributed by atoms with van der Waals surface area (Å²) < 4.78 is 0. The average Bonchev–Trinajstić information content (AvgIpc) is 1.25. The van der Waals surface area contributed by atoms with Crippen LogP contribution in [-0.4, -0.2) is 11.7 Å². The Bertz CT molecular complexity index is 72.4. The van der Waals surface area contributed by atoms with Gasteiger partial charge in [-0.05, 0) is 13.8 Å². The minimum atomic E-state index is -0.333. The van der Waals surface area contributed by atoms with Crippen LogP contribution in [0.15, 0.2) is 0 Å². The third kappa shape index (κ3) is 566. The molecule has 72 valence electrons. The summed E-state index contributed by atoms with van der Waals surface area (Å²) in [6.07, 6.45) is 0. The number of nitrogens with two attached hydrogens (primary N) is 1. The number of Topliss-reactive ketones (excluding diaryl/α,β-unsaturated/α-hetero) is 1. The second-order valence-electron chi connectivity index (χ2n) is 1.52. The number of ketones is 1. The van der Waals surface area contributed by atoms with Crippen molar-refractivity contribution in [2.75, 3.05) is 0 Å². The van der Waals surface area contributed by atoms with E-state index in [0.29, 0.717) is 0 Å². The van der Waals surface area contributed by atoms with E-state index in [2.05, 4.69) is 5.73 Å². The van der Waals surface area contributed by atoms with Gasteiger partial charge in [0.1, 0.15) is 5.78 Å². The summed E-state index contributed by atoms with van der Waals surface area (Å²) in [5, 5.41) is 0. The first-order valence-electron chi connectivity index (χ1n) is 2.20. The van der Waals surface area contributed by atoms with Gasteiger partial charge in [0.05, 0.1) is 0 Å². The zero-order valence-corrected chi connectivity index (χ0v) is 6.10. The van der Waals surface area contributed by atoms with Gasteiger partial charge in [-0.3, -0.25) is 4.79 Å². The highest BCUT2D eigenvalue weighted by Crippen LogP contribution is 1.50. The van der Waals surface area contributed by atoms with E-state index in [0.717, 1.165) is 0 Å². The normalized spacial score (nSPS) is 4.64. The van der Waals surface area contributed by atoms with Gasteiger partial charge in [0.15, 0.2) is 0 Å². The van der Waals surface area contributed by atoms with Crippen LogP contribution in [0.25, 0.3) is 0 Å². The Hall–Kier alpha value is -0.900. The third-order valence-electron chi connectivity index (χ3n) is 0. The van der Waals surface area contributed by atoms with Gasteiger partial charge in [-0.15, -0.1) is 0 Å². The average molecular weight is 166 g/mol. The van der Waals surface area contributed by atoms with Crippen molar-refractivity contribution in [2.24, 2.45) is 5.73 Å². The molecule has 0 heterocycles. The molecule has 0 radical (unpaired) electrons. The highest BCUT2D eigenvalue weighted by Gasteiger charge is 1.62. The van der Waals surface area contributed by atoms with Gasteiger partial charge in [-0.25, -0.2) is 0 Å². The van der Waals surface area contributed by atoms with Crippen LogP contribution in [0.1, 0.15) is 35.6 Å². The zero-order valence-electron chi connectivity index (χ0n) is 6.10. The Morgan fingerprint density at radius 3 is 1.00 bits per heavy atom. The maximum absolute atomic E-state index is 9.44. The van der Waals surface area contributed by atoms with Gasteiger partial charge in [0.25, 0.3) is 0 Å². The molecule has 0 aliphatic heterocycles. The van der Waals surface area contributed by atoms with Crippen molar-refractivity contribution in [3.63, 3.8) is 0 Å². The highest BCUT2D eigenvalue weighted by molar-refractivity contribution is 5.72. The Morgan fingerprint density at radius 2 is 1.00 bits per heavy atom. The van der Waals surface area contributed by atoms with E-state index in [-0.39, 0.29) is 32.7 Å². The smallest absolute Gasteiger partial charge is 0.214 e. The van der Waals surface area contributed by atoms with Gasteiger partial charge in [-0.2, -0.15) is 0 Å². The fourth-order valence-electron chi connectivity index (χ4n) is 0. The van der Waals surface area contributed by atoms with Gasteiger partial charge in [-0.1, -0.05) is 14.9 Å². The van der Waals surface area contributed by atoms with E-state index in [1.54, 1.807) is 0 Å². The summed E-state index contributed by atoms with van der Waals surface area (Å²) in [5.74, 6) is -0.167. The molecule has 0 saturated heterocycles. The summed E-state index contributed by atoms with van der Waals surface area (Å²) in [5.41, 5.74) is 4.47. The van der Waals surface area contributed by atoms with Crippen molar-refractivity contribution in [1.29, 1.82) is 0 Å². The lowest BCUT2D eigenvalue weighted by Crippen LogP contribution is -2.01. The quantitative estimate of drug-likeness (QED) is 0.571. The second-order valence-corrected chi connectivity index (χ2v) is 1.52. The monoisotopic (exact) mass is 166 g/mol. The van der Waals surface area contributed by atoms with Crippen LogP contribution in [0, 0.1) is 0 Å². The van der Waals surface area contributed by atoms with Crippen molar-refractivity contribution in [1.82, 2.24) is 6.15 Å². The highest BCUT2D eigenvalue weighted by atomic mass is 16.1. The van der Waals surface area contributed by atoms with Crippen molar-refractivity contribution in [3.05, 3.63) is 0 Å². The maximum atomic E-state index is 9.44. The van der Waals surface area contributed by atoms with Gasteiger partial charge in [0, 0.05) is 6.92 Å². The summed E-state index contributed by atoms with van der Waals surface area (Å²) >= 11 is 0.